The summed E-state index contributed by atoms with van der Waals surface area (Å²) in [6, 6.07) is 8.53. The molecular formula is C18H25N3O. The molecule has 22 heavy (non-hydrogen) atoms. The van der Waals surface area contributed by atoms with Crippen LogP contribution in [0, 0.1) is 0 Å². The third-order valence-corrected chi connectivity index (χ3v) is 4.67. The third kappa shape index (κ3) is 2.82. The maximum Gasteiger partial charge on any atom is 0.252 e. The Balaban J connectivity index is 1.87. The lowest BCUT2D eigenvalue weighted by Gasteiger charge is -2.21. The van der Waals surface area contributed by atoms with Gasteiger partial charge in [-0.15, -0.1) is 0 Å². The lowest BCUT2D eigenvalue weighted by atomic mass is 10.2. The Bertz CT molecular complexity index is 651. The van der Waals surface area contributed by atoms with Crippen molar-refractivity contribution >= 4 is 17.2 Å². The minimum Gasteiger partial charge on any atom is -0.358 e. The lowest BCUT2D eigenvalue weighted by molar-refractivity contribution is 0.0937. The standard InChI is InChI=1S/C18H25N3O/c1-3-20(4-2)17-12-11-16-10-9-14(13-21(16)17)18(22)19-15-7-5-6-8-15/h9-13,15H,3-8H2,1-2H3,(H,19,22). The van der Waals surface area contributed by atoms with E-state index >= 15 is 0 Å². The molecule has 0 spiro atoms. The molecule has 0 aliphatic heterocycles. The molecule has 0 radical (unpaired) electrons. The Morgan fingerprint density at radius 3 is 2.55 bits per heavy atom. The van der Waals surface area contributed by atoms with Crippen molar-refractivity contribution in [2.24, 2.45) is 0 Å². The molecule has 4 nitrogen and oxygen atoms in total. The summed E-state index contributed by atoms with van der Waals surface area (Å²) in [6.07, 6.45) is 6.65. The van der Waals surface area contributed by atoms with Crippen LogP contribution >= 0.6 is 0 Å². The van der Waals surface area contributed by atoms with Crippen LogP contribution in [0.4, 0.5) is 5.82 Å². The van der Waals surface area contributed by atoms with Gasteiger partial charge in [0.05, 0.1) is 5.56 Å². The molecule has 1 saturated carbocycles. The van der Waals surface area contributed by atoms with Crippen molar-refractivity contribution in [3.05, 3.63) is 36.0 Å². The number of anilines is 1. The monoisotopic (exact) mass is 299 g/mol. The van der Waals surface area contributed by atoms with Gasteiger partial charge in [0.1, 0.15) is 5.82 Å². The molecule has 0 saturated heterocycles. The largest absolute Gasteiger partial charge is 0.358 e. The van der Waals surface area contributed by atoms with E-state index in [1.54, 1.807) is 0 Å². The number of pyridine rings is 1. The van der Waals surface area contributed by atoms with Crippen LogP contribution in [0.1, 0.15) is 49.9 Å². The summed E-state index contributed by atoms with van der Waals surface area (Å²) in [4.78, 5) is 14.7. The predicted octanol–water partition coefficient (Wildman–Crippen LogP) is 3.46. The first kappa shape index (κ1) is 14.9. The van der Waals surface area contributed by atoms with Gasteiger partial charge >= 0.3 is 0 Å². The lowest BCUT2D eigenvalue weighted by Crippen LogP contribution is -2.32. The van der Waals surface area contributed by atoms with E-state index in [1.807, 2.05) is 18.3 Å². The molecule has 118 valence electrons. The summed E-state index contributed by atoms with van der Waals surface area (Å²) in [7, 11) is 0. The van der Waals surface area contributed by atoms with Crippen LogP contribution in [-0.4, -0.2) is 29.4 Å². The van der Waals surface area contributed by atoms with E-state index < -0.39 is 0 Å². The number of hydrogen-bond donors (Lipinski definition) is 1. The summed E-state index contributed by atoms with van der Waals surface area (Å²) in [5.41, 5.74) is 1.86. The van der Waals surface area contributed by atoms with Crippen molar-refractivity contribution in [1.82, 2.24) is 9.72 Å². The molecule has 0 atom stereocenters. The zero-order valence-corrected chi connectivity index (χ0v) is 13.5. The van der Waals surface area contributed by atoms with Crippen LogP contribution in [-0.2, 0) is 0 Å². The molecule has 0 bridgehead atoms. The second-order valence-electron chi connectivity index (χ2n) is 6.03. The fourth-order valence-corrected chi connectivity index (χ4v) is 3.37. The van der Waals surface area contributed by atoms with Crippen LogP contribution in [0.2, 0.25) is 0 Å². The average Bonchev–Trinajstić information content (AvgIpc) is 3.18. The first-order valence-electron chi connectivity index (χ1n) is 8.40. The van der Waals surface area contributed by atoms with Gasteiger partial charge in [-0.1, -0.05) is 12.8 Å². The molecule has 3 rings (SSSR count). The van der Waals surface area contributed by atoms with Gasteiger partial charge in [-0.25, -0.2) is 0 Å². The number of hydrogen-bond acceptors (Lipinski definition) is 2. The fourth-order valence-electron chi connectivity index (χ4n) is 3.37. The topological polar surface area (TPSA) is 36.8 Å². The van der Waals surface area contributed by atoms with Gasteiger partial charge in [0.25, 0.3) is 5.91 Å². The summed E-state index contributed by atoms with van der Waals surface area (Å²) in [5, 5.41) is 3.16. The molecule has 4 heteroatoms. The van der Waals surface area contributed by atoms with Gasteiger partial charge in [-0.3, -0.25) is 4.79 Å². The van der Waals surface area contributed by atoms with Crippen molar-refractivity contribution in [3.8, 4) is 0 Å². The molecular weight excluding hydrogens is 274 g/mol. The van der Waals surface area contributed by atoms with Gasteiger partial charge in [0.15, 0.2) is 0 Å². The van der Waals surface area contributed by atoms with Crippen LogP contribution in [0.3, 0.4) is 0 Å². The van der Waals surface area contributed by atoms with E-state index in [-0.39, 0.29) is 5.91 Å². The van der Waals surface area contributed by atoms with Gasteiger partial charge in [-0.05, 0) is 51.0 Å². The Morgan fingerprint density at radius 2 is 1.86 bits per heavy atom. The van der Waals surface area contributed by atoms with Gasteiger partial charge in [0, 0.05) is 30.8 Å². The quantitative estimate of drug-likeness (QED) is 0.918. The number of carbonyl (C=O) groups is 1. The van der Waals surface area contributed by atoms with E-state index in [4.69, 9.17) is 0 Å². The average molecular weight is 299 g/mol. The minimum atomic E-state index is 0.0491. The van der Waals surface area contributed by atoms with Gasteiger partial charge in [0.2, 0.25) is 0 Å². The van der Waals surface area contributed by atoms with Crippen molar-refractivity contribution in [2.75, 3.05) is 18.0 Å². The maximum atomic E-state index is 12.4. The fraction of sp³-hybridized carbons (Fsp3) is 0.500. The second-order valence-corrected chi connectivity index (χ2v) is 6.03. The predicted molar refractivity (Wildman–Crippen MR) is 90.7 cm³/mol. The normalized spacial score (nSPS) is 15.4. The molecule has 2 aromatic heterocycles. The smallest absolute Gasteiger partial charge is 0.252 e. The van der Waals surface area contributed by atoms with Crippen molar-refractivity contribution in [1.29, 1.82) is 0 Å². The number of nitrogens with zero attached hydrogens (tertiary/aromatic N) is 2. The van der Waals surface area contributed by atoms with E-state index in [0.29, 0.717) is 6.04 Å². The number of rotatable bonds is 5. The summed E-state index contributed by atoms with van der Waals surface area (Å²) < 4.78 is 2.12. The minimum absolute atomic E-state index is 0.0491. The highest BCUT2D eigenvalue weighted by Crippen LogP contribution is 2.21. The zero-order valence-electron chi connectivity index (χ0n) is 13.5. The number of carbonyl (C=O) groups excluding carboxylic acids is 1. The van der Waals surface area contributed by atoms with Crippen molar-refractivity contribution < 1.29 is 4.79 Å². The highest BCUT2D eigenvalue weighted by atomic mass is 16.1. The maximum absolute atomic E-state index is 12.4. The Hall–Kier alpha value is -1.97. The summed E-state index contributed by atoms with van der Waals surface area (Å²) >= 11 is 0. The van der Waals surface area contributed by atoms with E-state index in [2.05, 4.69) is 40.6 Å². The SMILES string of the molecule is CCN(CC)c1ccc2ccc(C(=O)NC3CCCC3)cn12. The molecule has 1 N–H and O–H groups in total. The van der Waals surface area contributed by atoms with Crippen LogP contribution in [0.5, 0.6) is 0 Å². The first-order valence-corrected chi connectivity index (χ1v) is 8.40. The van der Waals surface area contributed by atoms with Crippen LogP contribution < -0.4 is 10.2 Å². The third-order valence-electron chi connectivity index (χ3n) is 4.67. The first-order chi connectivity index (χ1) is 10.7. The molecule has 0 aromatic carbocycles. The summed E-state index contributed by atoms with van der Waals surface area (Å²) in [6.45, 7) is 6.22. The molecule has 1 amide bonds. The number of aromatic nitrogens is 1. The van der Waals surface area contributed by atoms with Gasteiger partial charge in [-0.2, -0.15) is 0 Å². The second kappa shape index (κ2) is 6.42. The molecule has 2 heterocycles. The number of nitrogens with one attached hydrogen (secondary N) is 1. The Labute approximate surface area is 132 Å². The zero-order chi connectivity index (χ0) is 15.5. The van der Waals surface area contributed by atoms with Crippen LogP contribution in [0.25, 0.3) is 5.52 Å². The Kier molecular flexibility index (Phi) is 4.36. The molecule has 1 fully saturated rings. The number of fused-ring (bicyclic) bond motifs is 1. The number of amides is 1. The van der Waals surface area contributed by atoms with Crippen LogP contribution in [0.15, 0.2) is 30.5 Å². The Morgan fingerprint density at radius 1 is 1.18 bits per heavy atom. The van der Waals surface area contributed by atoms with Gasteiger partial charge < -0.3 is 14.6 Å². The molecule has 1 aliphatic rings. The molecule has 1 aliphatic carbocycles. The van der Waals surface area contributed by atoms with Crippen molar-refractivity contribution in [2.45, 2.75) is 45.6 Å². The van der Waals surface area contributed by atoms with E-state index in [0.717, 1.165) is 42.8 Å². The highest BCUT2D eigenvalue weighted by Gasteiger charge is 2.18. The molecule has 0 unspecified atom stereocenters. The summed E-state index contributed by atoms with van der Waals surface area (Å²) in [5.74, 6) is 1.20. The van der Waals surface area contributed by atoms with Crippen molar-refractivity contribution in [3.63, 3.8) is 0 Å². The van der Waals surface area contributed by atoms with E-state index in [9.17, 15) is 4.79 Å². The molecule has 2 aromatic rings. The highest BCUT2D eigenvalue weighted by molar-refractivity contribution is 5.94. The van der Waals surface area contributed by atoms with E-state index in [1.165, 1.54) is 12.8 Å².